The first-order valence-corrected chi connectivity index (χ1v) is 11.8. The van der Waals surface area contributed by atoms with Gasteiger partial charge in [-0.1, -0.05) is 65.8 Å². The second kappa shape index (κ2) is 14.4. The van der Waals surface area contributed by atoms with Crippen molar-refractivity contribution in [2.45, 2.75) is 57.7 Å². The minimum atomic E-state index is -0.960. The van der Waals surface area contributed by atoms with Crippen molar-refractivity contribution in [1.29, 1.82) is 0 Å². The highest BCUT2D eigenvalue weighted by atomic mass is 16.6. The van der Waals surface area contributed by atoms with Gasteiger partial charge in [-0.2, -0.15) is 0 Å². The number of carbonyl (C=O) groups is 3. The normalized spacial score (nSPS) is 12.4. The van der Waals surface area contributed by atoms with Gasteiger partial charge in [0, 0.05) is 30.8 Å². The van der Waals surface area contributed by atoms with Crippen molar-refractivity contribution in [3.8, 4) is 0 Å². The van der Waals surface area contributed by atoms with Crippen LogP contribution in [0.3, 0.4) is 0 Å². The van der Waals surface area contributed by atoms with Crippen LogP contribution in [0.15, 0.2) is 65.8 Å². The van der Waals surface area contributed by atoms with E-state index in [1.807, 2.05) is 60.7 Å². The lowest BCUT2D eigenvalue weighted by molar-refractivity contribution is -0.130. The van der Waals surface area contributed by atoms with Crippen molar-refractivity contribution in [1.82, 2.24) is 16.0 Å². The van der Waals surface area contributed by atoms with E-state index in [0.29, 0.717) is 13.0 Å². The summed E-state index contributed by atoms with van der Waals surface area (Å²) in [5.41, 5.74) is 9.37. The molecule has 0 heterocycles. The summed E-state index contributed by atoms with van der Waals surface area (Å²) in [5, 5.41) is 11.7. The fraction of sp³-hybridized carbons (Fsp3) is 0.423. The lowest BCUT2D eigenvalue weighted by Gasteiger charge is -2.25. The molecule has 0 unspecified atom stereocenters. The molecule has 3 amide bonds. The van der Waals surface area contributed by atoms with Crippen LogP contribution >= 0.6 is 0 Å². The van der Waals surface area contributed by atoms with Gasteiger partial charge in [-0.25, -0.2) is 4.79 Å². The lowest BCUT2D eigenvalue weighted by Crippen LogP contribution is -2.55. The van der Waals surface area contributed by atoms with E-state index in [1.165, 1.54) is 0 Å². The molecular formula is C26H34N6O4. The zero-order valence-electron chi connectivity index (χ0n) is 20.9. The Morgan fingerprint density at radius 3 is 1.92 bits per heavy atom. The van der Waals surface area contributed by atoms with E-state index in [4.69, 9.17) is 10.3 Å². The van der Waals surface area contributed by atoms with E-state index in [1.54, 1.807) is 20.8 Å². The SMILES string of the molecule is CC(C)(C)OC(=O)N[C@H](Cc1ccccc1)C(=O)N[C@H](Cc1ccccc1)C(=O)NCCCN=[N+]=[N-]. The van der Waals surface area contributed by atoms with E-state index in [0.717, 1.165) is 11.1 Å². The molecule has 10 heteroatoms. The predicted octanol–water partition coefficient (Wildman–Crippen LogP) is 3.67. The zero-order chi connectivity index (χ0) is 26.4. The Morgan fingerprint density at radius 2 is 1.42 bits per heavy atom. The molecule has 0 saturated heterocycles. The van der Waals surface area contributed by atoms with Gasteiger partial charge in [0.2, 0.25) is 11.8 Å². The molecule has 0 bridgehead atoms. The van der Waals surface area contributed by atoms with Crippen LogP contribution < -0.4 is 16.0 Å². The minimum absolute atomic E-state index is 0.220. The van der Waals surface area contributed by atoms with Gasteiger partial charge in [-0.15, -0.1) is 0 Å². The number of nitrogens with one attached hydrogen (secondary N) is 3. The zero-order valence-corrected chi connectivity index (χ0v) is 20.9. The second-order valence-corrected chi connectivity index (χ2v) is 9.24. The van der Waals surface area contributed by atoms with E-state index in [9.17, 15) is 14.4 Å². The molecule has 0 aliphatic carbocycles. The maximum Gasteiger partial charge on any atom is 0.408 e. The first kappa shape index (κ1) is 28.2. The molecule has 0 radical (unpaired) electrons. The number of carbonyl (C=O) groups excluding carboxylic acids is 3. The molecule has 192 valence electrons. The molecule has 0 spiro atoms. The van der Waals surface area contributed by atoms with Gasteiger partial charge >= 0.3 is 6.09 Å². The number of hydrogen-bond donors (Lipinski definition) is 3. The van der Waals surface area contributed by atoms with Crippen molar-refractivity contribution in [3.63, 3.8) is 0 Å². The van der Waals surface area contributed by atoms with Crippen LogP contribution in [0, 0.1) is 0 Å². The minimum Gasteiger partial charge on any atom is -0.444 e. The maximum absolute atomic E-state index is 13.4. The van der Waals surface area contributed by atoms with Crippen molar-refractivity contribution in [3.05, 3.63) is 82.2 Å². The molecule has 0 saturated carbocycles. The highest BCUT2D eigenvalue weighted by Crippen LogP contribution is 2.10. The van der Waals surface area contributed by atoms with Gasteiger partial charge in [0.1, 0.15) is 17.7 Å². The number of rotatable bonds is 12. The topological polar surface area (TPSA) is 145 Å². The Morgan fingerprint density at radius 1 is 0.889 bits per heavy atom. The van der Waals surface area contributed by atoms with Crippen LogP contribution in [-0.4, -0.2) is 48.7 Å². The average Bonchev–Trinajstić information content (AvgIpc) is 2.83. The Hall–Kier alpha value is -4.04. The van der Waals surface area contributed by atoms with Crippen LogP contribution in [0.5, 0.6) is 0 Å². The molecule has 3 N–H and O–H groups in total. The summed E-state index contributed by atoms with van der Waals surface area (Å²) in [6.07, 6.45) is 0.232. The fourth-order valence-corrected chi connectivity index (χ4v) is 3.37. The monoisotopic (exact) mass is 494 g/mol. The third-order valence-corrected chi connectivity index (χ3v) is 5.00. The molecule has 2 rings (SSSR count). The van der Waals surface area contributed by atoms with Crippen molar-refractivity contribution in [2.75, 3.05) is 13.1 Å². The number of nitrogens with zero attached hydrogens (tertiary/aromatic N) is 3. The summed E-state index contributed by atoms with van der Waals surface area (Å²) in [6, 6.07) is 16.8. The van der Waals surface area contributed by atoms with E-state index in [2.05, 4.69) is 26.0 Å². The lowest BCUT2D eigenvalue weighted by atomic mass is 10.0. The highest BCUT2D eigenvalue weighted by molar-refractivity contribution is 5.91. The van der Waals surface area contributed by atoms with Gasteiger partial charge in [0.05, 0.1) is 0 Å². The van der Waals surface area contributed by atoms with Crippen molar-refractivity contribution in [2.24, 2.45) is 5.11 Å². The molecule has 0 aliphatic heterocycles. The molecule has 0 aliphatic rings. The van der Waals surface area contributed by atoms with Crippen molar-refractivity contribution < 1.29 is 19.1 Å². The van der Waals surface area contributed by atoms with Crippen LogP contribution in [0.2, 0.25) is 0 Å². The van der Waals surface area contributed by atoms with Gasteiger partial charge < -0.3 is 20.7 Å². The summed E-state index contributed by atoms with van der Waals surface area (Å²) >= 11 is 0. The second-order valence-electron chi connectivity index (χ2n) is 9.24. The van der Waals surface area contributed by atoms with E-state index >= 15 is 0 Å². The third-order valence-electron chi connectivity index (χ3n) is 5.00. The number of hydrogen-bond acceptors (Lipinski definition) is 5. The predicted molar refractivity (Wildman–Crippen MR) is 137 cm³/mol. The molecule has 0 fully saturated rings. The molecule has 2 aromatic rings. The summed E-state index contributed by atoms with van der Waals surface area (Å²) < 4.78 is 5.35. The third kappa shape index (κ3) is 10.9. The van der Waals surface area contributed by atoms with Gasteiger partial charge in [-0.3, -0.25) is 9.59 Å². The quantitative estimate of drug-likeness (QED) is 0.179. The van der Waals surface area contributed by atoms with Crippen LogP contribution in [-0.2, 0) is 27.2 Å². The number of amides is 3. The largest absolute Gasteiger partial charge is 0.444 e. The number of ether oxygens (including phenoxy) is 1. The van der Waals surface area contributed by atoms with Gasteiger partial charge in [0.25, 0.3) is 0 Å². The van der Waals surface area contributed by atoms with E-state index < -0.39 is 29.7 Å². The first-order valence-electron chi connectivity index (χ1n) is 11.8. The molecule has 36 heavy (non-hydrogen) atoms. The molecular weight excluding hydrogens is 460 g/mol. The van der Waals surface area contributed by atoms with Crippen LogP contribution in [0.25, 0.3) is 10.4 Å². The Bertz CT molecular complexity index is 1030. The average molecular weight is 495 g/mol. The van der Waals surface area contributed by atoms with E-state index in [-0.39, 0.29) is 25.3 Å². The van der Waals surface area contributed by atoms with Crippen LogP contribution in [0.1, 0.15) is 38.3 Å². The molecule has 10 nitrogen and oxygen atoms in total. The molecule has 0 aromatic heterocycles. The summed E-state index contributed by atoms with van der Waals surface area (Å²) in [4.78, 5) is 41.5. The molecule has 2 atom stereocenters. The summed E-state index contributed by atoms with van der Waals surface area (Å²) in [6.45, 7) is 5.76. The Balaban J connectivity index is 2.17. The highest BCUT2D eigenvalue weighted by Gasteiger charge is 2.28. The maximum atomic E-state index is 13.4. The summed E-state index contributed by atoms with van der Waals surface area (Å²) in [5.74, 6) is -0.876. The molecule has 2 aromatic carbocycles. The Kier molecular flexibility index (Phi) is 11.3. The van der Waals surface area contributed by atoms with Gasteiger partial charge in [-0.05, 0) is 43.9 Å². The van der Waals surface area contributed by atoms with Gasteiger partial charge in [0.15, 0.2) is 0 Å². The Labute approximate surface area is 211 Å². The summed E-state index contributed by atoms with van der Waals surface area (Å²) in [7, 11) is 0. The first-order chi connectivity index (χ1) is 17.2. The number of alkyl carbamates (subject to hydrolysis) is 1. The van der Waals surface area contributed by atoms with Crippen molar-refractivity contribution >= 4 is 17.9 Å². The van der Waals surface area contributed by atoms with Crippen LogP contribution in [0.4, 0.5) is 4.79 Å². The fourth-order valence-electron chi connectivity index (χ4n) is 3.37. The number of benzene rings is 2. The standard InChI is InChI=1S/C26H34N6O4/c1-26(2,3)36-25(35)31-22(18-20-13-8-5-9-14-20)24(34)30-21(17-19-11-6-4-7-12-19)23(33)28-15-10-16-29-32-27/h4-9,11-14,21-22H,10,15-18H2,1-3H3,(H,28,33)(H,30,34)(H,31,35)/t21-,22-/m1/s1. The smallest absolute Gasteiger partial charge is 0.408 e. The number of azide groups is 1.